The molecule has 0 amide bonds. The molecule has 3 aliphatic carbocycles. The van der Waals surface area contributed by atoms with E-state index in [9.17, 15) is 0 Å². The van der Waals surface area contributed by atoms with Crippen LogP contribution in [0.5, 0.6) is 0 Å². The van der Waals surface area contributed by atoms with Gasteiger partial charge < -0.3 is 4.74 Å². The standard InChI is InChI=1S/C18H32O/c1-13(15-6-3-7-15)12-19-14(2)18(16-8-4-9-16)17-10-5-11-17/h13-18H,3-12H2,1-2H3. The van der Waals surface area contributed by atoms with Crippen molar-refractivity contribution in [2.75, 3.05) is 6.61 Å². The molecule has 2 unspecified atom stereocenters. The predicted molar refractivity (Wildman–Crippen MR) is 80.1 cm³/mol. The van der Waals surface area contributed by atoms with E-state index in [-0.39, 0.29) is 0 Å². The molecule has 19 heavy (non-hydrogen) atoms. The van der Waals surface area contributed by atoms with Crippen molar-refractivity contribution in [1.29, 1.82) is 0 Å². The molecule has 0 aromatic carbocycles. The van der Waals surface area contributed by atoms with Gasteiger partial charge in [0.2, 0.25) is 0 Å². The lowest BCUT2D eigenvalue weighted by atomic mass is 9.63. The van der Waals surface area contributed by atoms with E-state index in [2.05, 4.69) is 13.8 Å². The monoisotopic (exact) mass is 264 g/mol. The van der Waals surface area contributed by atoms with Gasteiger partial charge in [-0.15, -0.1) is 0 Å². The Balaban J connectivity index is 1.46. The lowest BCUT2D eigenvalue weighted by Gasteiger charge is -2.45. The molecule has 0 aliphatic heterocycles. The van der Waals surface area contributed by atoms with Gasteiger partial charge in [-0.05, 0) is 36.5 Å². The van der Waals surface area contributed by atoms with Crippen LogP contribution < -0.4 is 0 Å². The molecule has 3 saturated carbocycles. The second kappa shape index (κ2) is 6.16. The highest BCUT2D eigenvalue weighted by Crippen LogP contribution is 2.46. The van der Waals surface area contributed by atoms with E-state index in [0.29, 0.717) is 6.10 Å². The first-order chi connectivity index (χ1) is 9.25. The summed E-state index contributed by atoms with van der Waals surface area (Å²) < 4.78 is 6.34. The van der Waals surface area contributed by atoms with Crippen LogP contribution >= 0.6 is 0 Å². The summed E-state index contributed by atoms with van der Waals surface area (Å²) in [6.07, 6.45) is 13.7. The first-order valence-corrected chi connectivity index (χ1v) is 8.87. The smallest absolute Gasteiger partial charge is 0.0580 e. The van der Waals surface area contributed by atoms with Crippen molar-refractivity contribution in [3.05, 3.63) is 0 Å². The van der Waals surface area contributed by atoms with Gasteiger partial charge in [0.15, 0.2) is 0 Å². The minimum atomic E-state index is 0.512. The highest BCUT2D eigenvalue weighted by Gasteiger charge is 2.39. The van der Waals surface area contributed by atoms with Crippen LogP contribution in [0.3, 0.4) is 0 Å². The van der Waals surface area contributed by atoms with Crippen LogP contribution in [0.1, 0.15) is 71.6 Å². The maximum absolute atomic E-state index is 6.34. The summed E-state index contributed by atoms with van der Waals surface area (Å²) in [5.74, 6) is 4.65. The van der Waals surface area contributed by atoms with Gasteiger partial charge in [-0.1, -0.05) is 64.7 Å². The van der Waals surface area contributed by atoms with Gasteiger partial charge in [-0.2, -0.15) is 0 Å². The molecule has 0 bridgehead atoms. The fraction of sp³-hybridized carbons (Fsp3) is 1.00. The molecule has 0 N–H and O–H groups in total. The molecule has 0 spiro atoms. The number of hydrogen-bond donors (Lipinski definition) is 0. The molecule has 1 nitrogen and oxygen atoms in total. The predicted octanol–water partition coefficient (Wildman–Crippen LogP) is 5.04. The summed E-state index contributed by atoms with van der Waals surface area (Å²) in [7, 11) is 0. The van der Waals surface area contributed by atoms with Gasteiger partial charge in [-0.25, -0.2) is 0 Å². The minimum Gasteiger partial charge on any atom is -0.378 e. The van der Waals surface area contributed by atoms with E-state index in [0.717, 1.165) is 36.2 Å². The summed E-state index contributed by atoms with van der Waals surface area (Å²) in [6, 6.07) is 0. The van der Waals surface area contributed by atoms with E-state index in [1.165, 1.54) is 57.8 Å². The third-order valence-corrected chi connectivity index (χ3v) is 6.51. The zero-order chi connectivity index (χ0) is 13.2. The van der Waals surface area contributed by atoms with Crippen molar-refractivity contribution in [2.24, 2.45) is 29.6 Å². The van der Waals surface area contributed by atoms with Gasteiger partial charge in [0.1, 0.15) is 0 Å². The molecule has 0 radical (unpaired) electrons. The largest absolute Gasteiger partial charge is 0.378 e. The first-order valence-electron chi connectivity index (χ1n) is 8.87. The first kappa shape index (κ1) is 13.9. The van der Waals surface area contributed by atoms with Gasteiger partial charge >= 0.3 is 0 Å². The Morgan fingerprint density at radius 1 is 0.789 bits per heavy atom. The number of rotatable bonds is 7. The maximum atomic E-state index is 6.34. The number of hydrogen-bond acceptors (Lipinski definition) is 1. The normalized spacial score (nSPS) is 28.6. The average Bonchev–Trinajstić information content (AvgIpc) is 2.17. The molecule has 0 saturated heterocycles. The topological polar surface area (TPSA) is 9.23 Å². The Labute approximate surface area is 119 Å². The van der Waals surface area contributed by atoms with Crippen molar-refractivity contribution < 1.29 is 4.74 Å². The summed E-state index contributed by atoms with van der Waals surface area (Å²) in [4.78, 5) is 0. The Bertz CT molecular complexity index is 261. The minimum absolute atomic E-state index is 0.512. The summed E-state index contributed by atoms with van der Waals surface area (Å²) in [5.41, 5.74) is 0. The molecule has 0 heterocycles. The van der Waals surface area contributed by atoms with Crippen molar-refractivity contribution in [1.82, 2.24) is 0 Å². The summed E-state index contributed by atoms with van der Waals surface area (Å²) in [6.45, 7) is 5.79. The van der Waals surface area contributed by atoms with Crippen LogP contribution in [0.15, 0.2) is 0 Å². The van der Waals surface area contributed by atoms with Crippen LogP contribution in [0.4, 0.5) is 0 Å². The van der Waals surface area contributed by atoms with Crippen molar-refractivity contribution in [2.45, 2.75) is 77.7 Å². The third kappa shape index (κ3) is 3.01. The van der Waals surface area contributed by atoms with E-state index >= 15 is 0 Å². The number of ether oxygens (including phenoxy) is 1. The summed E-state index contributed by atoms with van der Waals surface area (Å²) in [5, 5.41) is 0. The summed E-state index contributed by atoms with van der Waals surface area (Å²) >= 11 is 0. The Morgan fingerprint density at radius 2 is 1.26 bits per heavy atom. The van der Waals surface area contributed by atoms with E-state index in [1.807, 2.05) is 0 Å². The molecule has 3 fully saturated rings. The highest BCUT2D eigenvalue weighted by atomic mass is 16.5. The molecule has 3 rings (SSSR count). The Hall–Kier alpha value is -0.0400. The van der Waals surface area contributed by atoms with Gasteiger partial charge in [-0.3, -0.25) is 0 Å². The van der Waals surface area contributed by atoms with Crippen LogP contribution in [-0.2, 0) is 4.74 Å². The van der Waals surface area contributed by atoms with Gasteiger partial charge in [0.25, 0.3) is 0 Å². The van der Waals surface area contributed by atoms with Crippen LogP contribution in [0.25, 0.3) is 0 Å². The van der Waals surface area contributed by atoms with E-state index < -0.39 is 0 Å². The highest BCUT2D eigenvalue weighted by molar-refractivity contribution is 4.89. The van der Waals surface area contributed by atoms with Crippen molar-refractivity contribution in [3.63, 3.8) is 0 Å². The van der Waals surface area contributed by atoms with Crippen LogP contribution in [0, 0.1) is 29.6 Å². The van der Waals surface area contributed by atoms with E-state index in [4.69, 9.17) is 4.74 Å². The molecule has 0 aromatic rings. The maximum Gasteiger partial charge on any atom is 0.0580 e. The SMILES string of the molecule is CC(COC(C)C(C1CCC1)C1CCC1)C1CCC1. The van der Waals surface area contributed by atoms with Crippen molar-refractivity contribution in [3.8, 4) is 0 Å². The van der Waals surface area contributed by atoms with Crippen LogP contribution in [-0.4, -0.2) is 12.7 Å². The fourth-order valence-electron chi connectivity index (χ4n) is 4.36. The lowest BCUT2D eigenvalue weighted by molar-refractivity contribution is -0.0685. The van der Waals surface area contributed by atoms with E-state index in [1.54, 1.807) is 0 Å². The zero-order valence-corrected chi connectivity index (χ0v) is 12.9. The Morgan fingerprint density at radius 3 is 1.63 bits per heavy atom. The van der Waals surface area contributed by atoms with Crippen molar-refractivity contribution >= 4 is 0 Å². The average molecular weight is 264 g/mol. The second-order valence-corrected chi connectivity index (χ2v) is 7.67. The molecule has 3 aliphatic rings. The van der Waals surface area contributed by atoms with Gasteiger partial charge in [0.05, 0.1) is 6.10 Å². The molecular weight excluding hydrogens is 232 g/mol. The third-order valence-electron chi connectivity index (χ3n) is 6.51. The van der Waals surface area contributed by atoms with Crippen LogP contribution in [0.2, 0.25) is 0 Å². The molecular formula is C18H32O. The second-order valence-electron chi connectivity index (χ2n) is 7.67. The lowest BCUT2D eigenvalue weighted by Crippen LogP contribution is -2.41. The molecule has 1 heteroatoms. The molecule has 2 atom stereocenters. The van der Waals surface area contributed by atoms with Gasteiger partial charge in [0, 0.05) is 6.61 Å². The molecule has 110 valence electrons. The fourth-order valence-corrected chi connectivity index (χ4v) is 4.36. The Kier molecular flexibility index (Phi) is 4.51. The zero-order valence-electron chi connectivity index (χ0n) is 12.9. The quantitative estimate of drug-likeness (QED) is 0.625. The molecule has 0 aromatic heterocycles.